The fourth-order valence-electron chi connectivity index (χ4n) is 2.13. The lowest BCUT2D eigenvalue weighted by Crippen LogP contribution is -2.21. The summed E-state index contributed by atoms with van der Waals surface area (Å²) in [5, 5.41) is 4.53. The number of ether oxygens (including phenoxy) is 1. The molecule has 0 saturated heterocycles. The van der Waals surface area contributed by atoms with E-state index in [0.717, 1.165) is 29.3 Å². The largest absolute Gasteiger partial charge is 0.493 e. The van der Waals surface area contributed by atoms with Crippen LogP contribution < -0.4 is 10.1 Å². The van der Waals surface area contributed by atoms with E-state index < -0.39 is 0 Å². The summed E-state index contributed by atoms with van der Waals surface area (Å²) in [5.74, 6) is 0.916. The molecule has 0 unspecified atom stereocenters. The van der Waals surface area contributed by atoms with Gasteiger partial charge in [0.2, 0.25) is 0 Å². The maximum atomic E-state index is 5.72. The van der Waals surface area contributed by atoms with Crippen LogP contribution in [0.25, 0.3) is 10.6 Å². The van der Waals surface area contributed by atoms with Crippen LogP contribution in [0.1, 0.15) is 38.3 Å². The molecule has 1 N–H and O–H groups in total. The van der Waals surface area contributed by atoms with Crippen LogP contribution in [-0.2, 0) is 13.0 Å². The summed E-state index contributed by atoms with van der Waals surface area (Å²) in [4.78, 5) is 6.14. The number of aryl methyl sites for hydroxylation is 1. The molecule has 114 valence electrons. The van der Waals surface area contributed by atoms with Crippen molar-refractivity contribution in [2.45, 2.75) is 46.7 Å². The average Bonchev–Trinajstić information content (AvgIpc) is 2.89. The van der Waals surface area contributed by atoms with E-state index in [-0.39, 0.29) is 0 Å². The first kappa shape index (κ1) is 16.0. The first-order valence-electron chi connectivity index (χ1n) is 7.59. The summed E-state index contributed by atoms with van der Waals surface area (Å²) in [6.07, 6.45) is 0.961. The van der Waals surface area contributed by atoms with E-state index in [0.29, 0.717) is 12.6 Å². The van der Waals surface area contributed by atoms with Crippen LogP contribution >= 0.6 is 11.3 Å². The summed E-state index contributed by atoms with van der Waals surface area (Å²) in [5.41, 5.74) is 2.28. The zero-order valence-corrected chi connectivity index (χ0v) is 14.1. The van der Waals surface area contributed by atoms with Gasteiger partial charge in [0, 0.05) is 17.5 Å². The van der Waals surface area contributed by atoms with E-state index in [2.05, 4.69) is 32.2 Å². The predicted octanol–water partition coefficient (Wildman–Crippen LogP) is 4.27. The zero-order valence-electron chi connectivity index (χ0n) is 13.3. The summed E-state index contributed by atoms with van der Waals surface area (Å²) >= 11 is 1.77. The van der Waals surface area contributed by atoms with Gasteiger partial charge in [0.15, 0.2) is 0 Å². The summed E-state index contributed by atoms with van der Waals surface area (Å²) in [7, 11) is 0. The van der Waals surface area contributed by atoms with E-state index >= 15 is 0 Å². The number of rotatable bonds is 7. The first-order valence-corrected chi connectivity index (χ1v) is 8.41. The van der Waals surface area contributed by atoms with Gasteiger partial charge in [0.25, 0.3) is 0 Å². The molecule has 2 rings (SSSR count). The number of thiazole rings is 1. The van der Waals surface area contributed by atoms with E-state index in [1.54, 1.807) is 11.3 Å². The number of nitrogens with one attached hydrogen (secondary N) is 1. The van der Waals surface area contributed by atoms with Crippen molar-refractivity contribution < 1.29 is 4.74 Å². The third kappa shape index (κ3) is 4.05. The van der Waals surface area contributed by atoms with Crippen molar-refractivity contribution in [2.24, 2.45) is 0 Å². The van der Waals surface area contributed by atoms with Crippen molar-refractivity contribution in [1.29, 1.82) is 0 Å². The molecule has 3 nitrogen and oxygen atoms in total. The Morgan fingerprint density at radius 1 is 1.24 bits per heavy atom. The van der Waals surface area contributed by atoms with E-state index in [1.165, 1.54) is 10.6 Å². The van der Waals surface area contributed by atoms with Gasteiger partial charge in [0.05, 0.1) is 17.9 Å². The molecular weight excluding hydrogens is 280 g/mol. The Bertz CT molecular complexity index is 578. The van der Waals surface area contributed by atoms with Crippen molar-refractivity contribution in [3.8, 4) is 16.3 Å². The van der Waals surface area contributed by atoms with E-state index in [9.17, 15) is 0 Å². The molecule has 0 atom stereocenters. The van der Waals surface area contributed by atoms with Gasteiger partial charge in [-0.15, -0.1) is 11.3 Å². The number of benzene rings is 1. The molecule has 1 aromatic carbocycles. The second-order valence-electron chi connectivity index (χ2n) is 5.21. The van der Waals surface area contributed by atoms with Crippen LogP contribution in [0.4, 0.5) is 0 Å². The minimum absolute atomic E-state index is 0.482. The van der Waals surface area contributed by atoms with Gasteiger partial charge in [-0.1, -0.05) is 32.9 Å². The van der Waals surface area contributed by atoms with Crippen molar-refractivity contribution >= 4 is 11.3 Å². The normalized spacial score (nSPS) is 11.1. The van der Waals surface area contributed by atoms with Crippen molar-refractivity contribution in [2.75, 3.05) is 6.61 Å². The van der Waals surface area contributed by atoms with Crippen LogP contribution in [0.15, 0.2) is 24.3 Å². The molecule has 0 aliphatic carbocycles. The Hall–Kier alpha value is -1.39. The molecule has 1 heterocycles. The van der Waals surface area contributed by atoms with Crippen molar-refractivity contribution in [3.63, 3.8) is 0 Å². The average molecular weight is 304 g/mol. The van der Waals surface area contributed by atoms with Gasteiger partial charge >= 0.3 is 0 Å². The summed E-state index contributed by atoms with van der Waals surface area (Å²) in [6.45, 7) is 10.1. The molecule has 2 aromatic rings. The molecule has 0 amide bonds. The topological polar surface area (TPSA) is 34.1 Å². The minimum atomic E-state index is 0.482. The Morgan fingerprint density at radius 2 is 2.00 bits per heavy atom. The third-order valence-electron chi connectivity index (χ3n) is 3.20. The number of para-hydroxylation sites is 1. The van der Waals surface area contributed by atoms with E-state index in [1.807, 2.05) is 25.1 Å². The molecule has 0 bridgehead atoms. The summed E-state index contributed by atoms with van der Waals surface area (Å²) < 4.78 is 5.72. The molecule has 1 aromatic heterocycles. The van der Waals surface area contributed by atoms with Crippen molar-refractivity contribution in [1.82, 2.24) is 10.3 Å². The summed E-state index contributed by atoms with van der Waals surface area (Å²) in [6, 6.07) is 8.62. The SMILES string of the molecule is CCOc1ccccc1-c1nc(CC)c(CNC(C)C)s1. The van der Waals surface area contributed by atoms with Gasteiger partial charge < -0.3 is 10.1 Å². The molecule has 0 spiro atoms. The fourth-order valence-corrected chi connectivity index (χ4v) is 3.27. The molecule has 21 heavy (non-hydrogen) atoms. The van der Waals surface area contributed by atoms with Gasteiger partial charge in [-0.2, -0.15) is 0 Å². The predicted molar refractivity (Wildman–Crippen MR) is 90.1 cm³/mol. The maximum absolute atomic E-state index is 5.72. The number of hydrogen-bond donors (Lipinski definition) is 1. The van der Waals surface area contributed by atoms with Gasteiger partial charge in [-0.25, -0.2) is 4.98 Å². The maximum Gasteiger partial charge on any atom is 0.129 e. The number of hydrogen-bond acceptors (Lipinski definition) is 4. The molecule has 4 heteroatoms. The molecule has 0 radical (unpaired) electrons. The second-order valence-corrected chi connectivity index (χ2v) is 6.29. The molecule has 0 aliphatic rings. The quantitative estimate of drug-likeness (QED) is 0.829. The third-order valence-corrected chi connectivity index (χ3v) is 4.33. The highest BCUT2D eigenvalue weighted by atomic mass is 32.1. The highest BCUT2D eigenvalue weighted by Crippen LogP contribution is 2.34. The zero-order chi connectivity index (χ0) is 15.2. The molecular formula is C17H24N2OS. The highest BCUT2D eigenvalue weighted by Gasteiger charge is 2.14. The van der Waals surface area contributed by atoms with Crippen LogP contribution in [0, 0.1) is 0 Å². The standard InChI is InChI=1S/C17H24N2OS/c1-5-14-16(11-18-12(3)4)21-17(19-14)13-9-7-8-10-15(13)20-6-2/h7-10,12,18H,5-6,11H2,1-4H3. The smallest absolute Gasteiger partial charge is 0.129 e. The Kier molecular flexibility index (Phi) is 5.76. The lowest BCUT2D eigenvalue weighted by molar-refractivity contribution is 0.341. The lowest BCUT2D eigenvalue weighted by atomic mass is 10.2. The van der Waals surface area contributed by atoms with Crippen LogP contribution in [0.2, 0.25) is 0 Å². The molecule has 0 fully saturated rings. The fraction of sp³-hybridized carbons (Fsp3) is 0.471. The Balaban J connectivity index is 2.32. The van der Waals surface area contributed by atoms with E-state index in [4.69, 9.17) is 9.72 Å². The van der Waals surface area contributed by atoms with Gasteiger partial charge in [-0.05, 0) is 25.5 Å². The highest BCUT2D eigenvalue weighted by molar-refractivity contribution is 7.15. The second kappa shape index (κ2) is 7.57. The monoisotopic (exact) mass is 304 g/mol. The van der Waals surface area contributed by atoms with Crippen molar-refractivity contribution in [3.05, 3.63) is 34.8 Å². The minimum Gasteiger partial charge on any atom is -0.493 e. The Labute approximate surface area is 131 Å². The van der Waals surface area contributed by atoms with Gasteiger partial charge in [0.1, 0.15) is 10.8 Å². The Morgan fingerprint density at radius 3 is 2.67 bits per heavy atom. The van der Waals surface area contributed by atoms with Crippen LogP contribution in [-0.4, -0.2) is 17.6 Å². The number of aromatic nitrogens is 1. The number of nitrogens with zero attached hydrogens (tertiary/aromatic N) is 1. The van der Waals surface area contributed by atoms with Gasteiger partial charge in [-0.3, -0.25) is 0 Å². The van der Waals surface area contributed by atoms with Crippen LogP contribution in [0.3, 0.4) is 0 Å². The van der Waals surface area contributed by atoms with Crippen LogP contribution in [0.5, 0.6) is 5.75 Å². The molecule has 0 saturated carbocycles. The molecule has 0 aliphatic heterocycles. The lowest BCUT2D eigenvalue weighted by Gasteiger charge is -2.07. The first-order chi connectivity index (χ1) is 10.2.